The van der Waals surface area contributed by atoms with Gasteiger partial charge in [-0.05, 0) is 37.1 Å². The lowest BCUT2D eigenvalue weighted by molar-refractivity contribution is 0.102. The lowest BCUT2D eigenvalue weighted by Gasteiger charge is -2.10. The van der Waals surface area contributed by atoms with Crippen LogP contribution in [0.2, 0.25) is 0 Å². The molecule has 8 heteroatoms. The number of H-pyrrole nitrogens is 1. The Morgan fingerprint density at radius 2 is 2.00 bits per heavy atom. The number of thioether (sulfide) groups is 1. The van der Waals surface area contributed by atoms with E-state index in [1.54, 1.807) is 0 Å². The zero-order valence-electron chi connectivity index (χ0n) is 15.4. The van der Waals surface area contributed by atoms with Crippen LogP contribution in [-0.2, 0) is 5.75 Å². The van der Waals surface area contributed by atoms with E-state index in [2.05, 4.69) is 21.4 Å². The molecule has 0 radical (unpaired) electrons. The molecule has 0 atom stereocenters. The minimum Gasteiger partial charge on any atom is -0.382 e. The summed E-state index contributed by atoms with van der Waals surface area (Å²) in [7, 11) is 0. The number of carbonyl (C=O) groups is 1. The molecule has 0 saturated carbocycles. The van der Waals surface area contributed by atoms with Crippen molar-refractivity contribution in [3.8, 4) is 0 Å². The molecule has 0 aliphatic heterocycles. The van der Waals surface area contributed by atoms with Crippen molar-refractivity contribution >= 4 is 29.2 Å². The van der Waals surface area contributed by atoms with Crippen LogP contribution in [-0.4, -0.2) is 15.9 Å². The van der Waals surface area contributed by atoms with Crippen LogP contribution in [0, 0.1) is 19.7 Å². The van der Waals surface area contributed by atoms with Crippen molar-refractivity contribution in [3.05, 3.63) is 80.9 Å². The Morgan fingerprint density at radius 3 is 2.71 bits per heavy atom. The number of carbonyl (C=O) groups excluding carboxylic acids is 1. The number of rotatable bonds is 5. The van der Waals surface area contributed by atoms with Crippen LogP contribution in [0.3, 0.4) is 0 Å². The van der Waals surface area contributed by atoms with E-state index in [0.717, 1.165) is 22.8 Å². The number of hydrogen-bond donors (Lipinski definition) is 3. The number of hydrogen-bond acceptors (Lipinski definition) is 5. The van der Waals surface area contributed by atoms with Gasteiger partial charge in [-0.1, -0.05) is 47.7 Å². The van der Waals surface area contributed by atoms with Crippen molar-refractivity contribution in [3.63, 3.8) is 0 Å². The summed E-state index contributed by atoms with van der Waals surface area (Å²) >= 11 is 1.33. The Balaban J connectivity index is 1.77. The molecular formula is C20H19FN4O2S. The summed E-state index contributed by atoms with van der Waals surface area (Å²) in [5.41, 5.74) is 8.29. The maximum absolute atomic E-state index is 13.7. The van der Waals surface area contributed by atoms with Crippen molar-refractivity contribution < 1.29 is 9.18 Å². The van der Waals surface area contributed by atoms with Gasteiger partial charge in [-0.2, -0.15) is 0 Å². The van der Waals surface area contributed by atoms with Gasteiger partial charge in [-0.25, -0.2) is 9.37 Å². The fourth-order valence-electron chi connectivity index (χ4n) is 2.59. The number of halogens is 1. The first kappa shape index (κ1) is 19.6. The Kier molecular flexibility index (Phi) is 5.79. The number of nitrogens with zero attached hydrogens (tertiary/aromatic N) is 1. The Labute approximate surface area is 165 Å². The van der Waals surface area contributed by atoms with Crippen LogP contribution in [0.5, 0.6) is 0 Å². The maximum atomic E-state index is 13.7. The lowest BCUT2D eigenvalue weighted by Crippen LogP contribution is -2.23. The SMILES string of the molecule is Cc1ccc(C)c(CSc2nc(N)c(NC(=O)c3ccccc3F)c(=O)[nH]2)c1. The highest BCUT2D eigenvalue weighted by atomic mass is 32.2. The average molecular weight is 398 g/mol. The summed E-state index contributed by atoms with van der Waals surface area (Å²) in [5, 5.41) is 2.67. The van der Waals surface area contributed by atoms with Crippen LogP contribution < -0.4 is 16.6 Å². The lowest BCUT2D eigenvalue weighted by atomic mass is 10.1. The molecule has 144 valence electrons. The third-order valence-electron chi connectivity index (χ3n) is 4.15. The minimum absolute atomic E-state index is 0.128. The van der Waals surface area contributed by atoms with Crippen molar-refractivity contribution in [1.29, 1.82) is 0 Å². The van der Waals surface area contributed by atoms with Crippen molar-refractivity contribution in [2.24, 2.45) is 0 Å². The van der Waals surface area contributed by atoms with Gasteiger partial charge >= 0.3 is 0 Å². The zero-order valence-corrected chi connectivity index (χ0v) is 16.2. The Morgan fingerprint density at radius 1 is 1.25 bits per heavy atom. The molecule has 4 N–H and O–H groups in total. The Hall–Kier alpha value is -3.13. The van der Waals surface area contributed by atoms with Crippen molar-refractivity contribution in [1.82, 2.24) is 9.97 Å². The molecule has 2 aromatic carbocycles. The number of aromatic amines is 1. The number of aromatic nitrogens is 2. The van der Waals surface area contributed by atoms with Gasteiger partial charge < -0.3 is 11.1 Å². The number of benzene rings is 2. The number of anilines is 2. The zero-order chi connectivity index (χ0) is 20.3. The summed E-state index contributed by atoms with van der Waals surface area (Å²) in [6.45, 7) is 4.03. The highest BCUT2D eigenvalue weighted by Crippen LogP contribution is 2.23. The summed E-state index contributed by atoms with van der Waals surface area (Å²) in [6.07, 6.45) is 0. The van der Waals surface area contributed by atoms with Gasteiger partial charge in [0.05, 0.1) is 5.56 Å². The van der Waals surface area contributed by atoms with Gasteiger partial charge in [0.1, 0.15) is 11.5 Å². The summed E-state index contributed by atoms with van der Waals surface area (Å²) in [4.78, 5) is 31.3. The molecule has 3 rings (SSSR count). The standard InChI is InChI=1S/C20H19FN4O2S/c1-11-7-8-12(2)13(9-11)10-28-20-24-17(22)16(19(27)25-20)23-18(26)14-5-3-4-6-15(14)21/h3-9H,10H2,1-2H3,(H,23,26)(H3,22,24,25,27). The van der Waals surface area contributed by atoms with Gasteiger partial charge in [0, 0.05) is 5.75 Å². The molecule has 0 saturated heterocycles. The first-order chi connectivity index (χ1) is 13.3. The molecular weight excluding hydrogens is 379 g/mol. The smallest absolute Gasteiger partial charge is 0.277 e. The molecule has 28 heavy (non-hydrogen) atoms. The third kappa shape index (κ3) is 4.40. The molecule has 0 aliphatic carbocycles. The number of amides is 1. The topological polar surface area (TPSA) is 101 Å². The van der Waals surface area contributed by atoms with Crippen LogP contribution in [0.25, 0.3) is 0 Å². The minimum atomic E-state index is -0.770. The van der Waals surface area contributed by atoms with E-state index >= 15 is 0 Å². The van der Waals surface area contributed by atoms with Gasteiger partial charge in [0.2, 0.25) is 0 Å². The maximum Gasteiger partial charge on any atom is 0.277 e. The van der Waals surface area contributed by atoms with Crippen molar-refractivity contribution in [2.45, 2.75) is 24.8 Å². The average Bonchev–Trinajstić information content (AvgIpc) is 2.65. The predicted octanol–water partition coefficient (Wildman–Crippen LogP) is 3.65. The number of nitrogens with one attached hydrogen (secondary N) is 2. The summed E-state index contributed by atoms with van der Waals surface area (Å²) in [6, 6.07) is 11.6. The summed E-state index contributed by atoms with van der Waals surface area (Å²) < 4.78 is 13.7. The van der Waals surface area contributed by atoms with Crippen LogP contribution in [0.1, 0.15) is 27.0 Å². The summed E-state index contributed by atoms with van der Waals surface area (Å²) in [5.74, 6) is -0.981. The normalized spacial score (nSPS) is 10.7. The molecule has 0 fully saturated rings. The van der Waals surface area contributed by atoms with E-state index in [0.29, 0.717) is 10.9 Å². The molecule has 1 heterocycles. The predicted molar refractivity (Wildman–Crippen MR) is 109 cm³/mol. The molecule has 0 spiro atoms. The molecule has 1 amide bonds. The van der Waals surface area contributed by atoms with Gasteiger partial charge in [0.25, 0.3) is 11.5 Å². The largest absolute Gasteiger partial charge is 0.382 e. The molecule has 3 aromatic rings. The Bertz CT molecular complexity index is 1100. The second-order valence-corrected chi connectivity index (χ2v) is 7.25. The molecule has 1 aromatic heterocycles. The number of nitrogen functional groups attached to an aromatic ring is 1. The van der Waals surface area contributed by atoms with Gasteiger partial charge in [-0.3, -0.25) is 14.6 Å². The number of nitrogens with two attached hydrogens (primary N) is 1. The highest BCUT2D eigenvalue weighted by molar-refractivity contribution is 7.98. The van der Waals surface area contributed by atoms with Gasteiger partial charge in [0.15, 0.2) is 11.0 Å². The quantitative estimate of drug-likeness (QED) is 0.450. The molecule has 0 bridgehead atoms. The fraction of sp³-hybridized carbons (Fsp3) is 0.150. The van der Waals surface area contributed by atoms with E-state index in [1.165, 1.54) is 30.0 Å². The van der Waals surface area contributed by atoms with Gasteiger partial charge in [-0.15, -0.1) is 0 Å². The van der Waals surface area contributed by atoms with Crippen LogP contribution >= 0.6 is 11.8 Å². The van der Waals surface area contributed by atoms with E-state index < -0.39 is 17.3 Å². The second-order valence-electron chi connectivity index (χ2n) is 6.28. The highest BCUT2D eigenvalue weighted by Gasteiger charge is 2.16. The van der Waals surface area contributed by atoms with Crippen molar-refractivity contribution in [2.75, 3.05) is 11.1 Å². The first-order valence-electron chi connectivity index (χ1n) is 8.49. The number of aryl methyl sites for hydroxylation is 2. The first-order valence-corrected chi connectivity index (χ1v) is 9.48. The van der Waals surface area contributed by atoms with E-state index in [4.69, 9.17) is 5.73 Å². The van der Waals surface area contributed by atoms with Crippen LogP contribution in [0.15, 0.2) is 52.4 Å². The molecule has 0 aliphatic rings. The monoisotopic (exact) mass is 398 g/mol. The second kappa shape index (κ2) is 8.26. The fourth-order valence-corrected chi connectivity index (χ4v) is 3.52. The van der Waals surface area contributed by atoms with E-state index in [1.807, 2.05) is 26.0 Å². The van der Waals surface area contributed by atoms with E-state index in [-0.39, 0.29) is 17.1 Å². The van der Waals surface area contributed by atoms with E-state index in [9.17, 15) is 14.0 Å². The van der Waals surface area contributed by atoms with Crippen LogP contribution in [0.4, 0.5) is 15.9 Å². The molecule has 6 nitrogen and oxygen atoms in total. The molecule has 0 unspecified atom stereocenters. The third-order valence-corrected chi connectivity index (χ3v) is 5.07.